The van der Waals surface area contributed by atoms with E-state index in [1.807, 2.05) is 45.9 Å². The SMILES string of the molecule is CC1(C)OB(C(=Cc2ccc(N)c(Cl)c2)CS)OC1(C)C. The molecule has 0 radical (unpaired) electrons. The standard InChI is InChI=1S/C15H21BClNO2S/c1-14(2)15(3,4)20-16(19-14)11(9-21)7-10-5-6-13(18)12(17)8-10/h5-8,21H,9,18H2,1-4H3. The van der Waals surface area contributed by atoms with Gasteiger partial charge in [0.05, 0.1) is 21.9 Å². The molecule has 0 amide bonds. The highest BCUT2D eigenvalue weighted by molar-refractivity contribution is 7.80. The van der Waals surface area contributed by atoms with Crippen molar-refractivity contribution in [3.05, 3.63) is 34.3 Å². The highest BCUT2D eigenvalue weighted by atomic mass is 35.5. The van der Waals surface area contributed by atoms with Gasteiger partial charge in [0.25, 0.3) is 0 Å². The van der Waals surface area contributed by atoms with Crippen LogP contribution >= 0.6 is 24.2 Å². The van der Waals surface area contributed by atoms with Gasteiger partial charge in [-0.05, 0) is 50.9 Å². The second-order valence-electron chi connectivity index (χ2n) is 6.25. The fourth-order valence-corrected chi connectivity index (χ4v) is 2.46. The molecule has 21 heavy (non-hydrogen) atoms. The van der Waals surface area contributed by atoms with Crippen LogP contribution in [0.2, 0.25) is 5.02 Å². The number of halogens is 1. The molecule has 1 aromatic rings. The van der Waals surface area contributed by atoms with Gasteiger partial charge < -0.3 is 15.0 Å². The van der Waals surface area contributed by atoms with Gasteiger partial charge >= 0.3 is 7.12 Å². The first kappa shape index (κ1) is 16.8. The van der Waals surface area contributed by atoms with Crippen molar-refractivity contribution in [2.24, 2.45) is 0 Å². The van der Waals surface area contributed by atoms with E-state index < -0.39 is 7.12 Å². The van der Waals surface area contributed by atoms with Crippen molar-refractivity contribution in [3.8, 4) is 0 Å². The van der Waals surface area contributed by atoms with Crippen LogP contribution in [-0.2, 0) is 9.31 Å². The zero-order valence-electron chi connectivity index (χ0n) is 12.8. The first-order valence-corrected chi connectivity index (χ1v) is 7.89. The van der Waals surface area contributed by atoms with Gasteiger partial charge in [-0.2, -0.15) is 12.6 Å². The summed E-state index contributed by atoms with van der Waals surface area (Å²) >= 11 is 10.4. The third kappa shape index (κ3) is 3.42. The molecule has 114 valence electrons. The van der Waals surface area contributed by atoms with Crippen molar-refractivity contribution in [2.45, 2.75) is 38.9 Å². The molecule has 0 bridgehead atoms. The zero-order chi connectivity index (χ0) is 15.8. The summed E-state index contributed by atoms with van der Waals surface area (Å²) in [6.07, 6.45) is 1.99. The van der Waals surface area contributed by atoms with Crippen LogP contribution in [-0.4, -0.2) is 24.1 Å². The summed E-state index contributed by atoms with van der Waals surface area (Å²) in [6, 6.07) is 5.52. The Morgan fingerprint density at radius 1 is 1.29 bits per heavy atom. The number of rotatable bonds is 3. The lowest BCUT2D eigenvalue weighted by Gasteiger charge is -2.32. The number of thiol groups is 1. The number of nitrogen functional groups attached to an aromatic ring is 1. The van der Waals surface area contributed by atoms with E-state index in [1.54, 1.807) is 6.07 Å². The van der Waals surface area contributed by atoms with Crippen molar-refractivity contribution in [3.63, 3.8) is 0 Å². The molecule has 2 N–H and O–H groups in total. The number of nitrogens with two attached hydrogens (primary N) is 1. The number of benzene rings is 1. The van der Waals surface area contributed by atoms with Gasteiger partial charge in [-0.25, -0.2) is 0 Å². The van der Waals surface area contributed by atoms with Crippen molar-refractivity contribution >= 4 is 43.1 Å². The Morgan fingerprint density at radius 3 is 2.33 bits per heavy atom. The van der Waals surface area contributed by atoms with Crippen molar-refractivity contribution in [1.82, 2.24) is 0 Å². The molecule has 6 heteroatoms. The van der Waals surface area contributed by atoms with E-state index in [0.29, 0.717) is 16.5 Å². The normalized spacial score (nSPS) is 20.9. The molecule has 1 saturated heterocycles. The van der Waals surface area contributed by atoms with E-state index in [0.717, 1.165) is 11.0 Å². The van der Waals surface area contributed by atoms with Crippen molar-refractivity contribution < 1.29 is 9.31 Å². The van der Waals surface area contributed by atoms with Crippen LogP contribution in [0.5, 0.6) is 0 Å². The minimum absolute atomic E-state index is 0.363. The topological polar surface area (TPSA) is 44.5 Å². The molecular weight excluding hydrogens is 305 g/mol. The van der Waals surface area contributed by atoms with Crippen LogP contribution in [0.1, 0.15) is 33.3 Å². The Labute approximate surface area is 137 Å². The highest BCUT2D eigenvalue weighted by Gasteiger charge is 2.52. The molecule has 0 spiro atoms. The minimum atomic E-state index is -0.399. The Morgan fingerprint density at radius 2 is 1.86 bits per heavy atom. The molecule has 2 rings (SSSR count). The second kappa shape index (κ2) is 5.88. The summed E-state index contributed by atoms with van der Waals surface area (Å²) in [5.74, 6) is 0.540. The second-order valence-corrected chi connectivity index (χ2v) is 6.97. The average Bonchev–Trinajstić information content (AvgIpc) is 2.59. The van der Waals surface area contributed by atoms with Gasteiger partial charge in [-0.15, -0.1) is 0 Å². The number of anilines is 1. The quantitative estimate of drug-likeness (QED) is 0.504. The van der Waals surface area contributed by atoms with Crippen LogP contribution in [0.15, 0.2) is 23.7 Å². The fourth-order valence-electron chi connectivity index (χ4n) is 2.03. The lowest BCUT2D eigenvalue weighted by molar-refractivity contribution is 0.00578. The molecule has 0 atom stereocenters. The lowest BCUT2D eigenvalue weighted by Crippen LogP contribution is -2.41. The lowest BCUT2D eigenvalue weighted by atomic mass is 9.78. The van der Waals surface area contributed by atoms with E-state index in [4.69, 9.17) is 26.6 Å². The van der Waals surface area contributed by atoms with Gasteiger partial charge in [0, 0.05) is 5.75 Å². The predicted octanol–water partition coefficient (Wildman–Crippen LogP) is 3.87. The molecule has 0 unspecified atom stereocenters. The van der Waals surface area contributed by atoms with Crippen molar-refractivity contribution in [1.29, 1.82) is 0 Å². The Hall–Kier alpha value is -0.615. The van der Waals surface area contributed by atoms with E-state index in [9.17, 15) is 0 Å². The van der Waals surface area contributed by atoms with E-state index >= 15 is 0 Å². The first-order valence-electron chi connectivity index (χ1n) is 6.88. The Balaban J connectivity index is 2.28. The third-order valence-corrected chi connectivity index (χ3v) is 4.81. The molecular formula is C15H21BClNO2S. The van der Waals surface area contributed by atoms with Crippen molar-refractivity contribution in [2.75, 3.05) is 11.5 Å². The van der Waals surface area contributed by atoms with Gasteiger partial charge in [0.1, 0.15) is 0 Å². The molecule has 1 aliphatic rings. The summed E-state index contributed by atoms with van der Waals surface area (Å²) < 4.78 is 12.1. The summed E-state index contributed by atoms with van der Waals surface area (Å²) in [5, 5.41) is 0.538. The van der Waals surface area contributed by atoms with Crippen LogP contribution in [0.4, 0.5) is 5.69 Å². The smallest absolute Gasteiger partial charge is 0.400 e. The maximum Gasteiger partial charge on any atom is 0.491 e. The molecule has 1 fully saturated rings. The minimum Gasteiger partial charge on any atom is -0.400 e. The van der Waals surface area contributed by atoms with E-state index in [-0.39, 0.29) is 11.2 Å². The summed E-state index contributed by atoms with van der Waals surface area (Å²) in [5.41, 5.74) is 7.48. The zero-order valence-corrected chi connectivity index (χ0v) is 14.5. The molecule has 3 nitrogen and oxygen atoms in total. The highest BCUT2D eigenvalue weighted by Crippen LogP contribution is 2.39. The summed E-state index contributed by atoms with van der Waals surface area (Å²) in [6.45, 7) is 8.12. The molecule has 0 aromatic heterocycles. The molecule has 1 aliphatic heterocycles. The molecule has 0 aliphatic carbocycles. The third-order valence-electron chi connectivity index (χ3n) is 4.12. The first-order chi connectivity index (χ1) is 9.66. The molecule has 0 saturated carbocycles. The molecule has 1 aromatic carbocycles. The van der Waals surface area contributed by atoms with E-state index in [1.165, 1.54) is 0 Å². The average molecular weight is 326 g/mol. The Bertz CT molecular complexity index is 559. The summed E-state index contributed by atoms with van der Waals surface area (Å²) in [4.78, 5) is 0. The van der Waals surface area contributed by atoms with Gasteiger partial charge in [-0.1, -0.05) is 23.7 Å². The van der Waals surface area contributed by atoms with Gasteiger partial charge in [-0.3, -0.25) is 0 Å². The maximum absolute atomic E-state index is 6.05. The van der Waals surface area contributed by atoms with Crippen LogP contribution in [0.3, 0.4) is 0 Å². The predicted molar refractivity (Wildman–Crippen MR) is 93.8 cm³/mol. The van der Waals surface area contributed by atoms with Crippen LogP contribution in [0, 0.1) is 0 Å². The largest absolute Gasteiger partial charge is 0.491 e. The van der Waals surface area contributed by atoms with Crippen LogP contribution in [0.25, 0.3) is 6.08 Å². The van der Waals surface area contributed by atoms with Gasteiger partial charge in [0.2, 0.25) is 0 Å². The Kier molecular flexibility index (Phi) is 4.69. The van der Waals surface area contributed by atoms with Crippen LogP contribution < -0.4 is 5.73 Å². The van der Waals surface area contributed by atoms with Gasteiger partial charge in [0.15, 0.2) is 0 Å². The van der Waals surface area contributed by atoms with E-state index in [2.05, 4.69) is 12.6 Å². The number of hydrogen-bond donors (Lipinski definition) is 2. The molecule has 1 heterocycles. The fraction of sp³-hybridized carbons (Fsp3) is 0.467. The monoisotopic (exact) mass is 325 g/mol. The summed E-state index contributed by atoms with van der Waals surface area (Å²) in [7, 11) is -0.399. The maximum atomic E-state index is 6.05. The number of hydrogen-bond acceptors (Lipinski definition) is 4.